The van der Waals surface area contributed by atoms with Crippen LogP contribution >= 0.6 is 0 Å². The molecule has 220 valence electrons. The van der Waals surface area contributed by atoms with Gasteiger partial charge >= 0.3 is 0 Å². The van der Waals surface area contributed by atoms with Crippen molar-refractivity contribution in [2.45, 2.75) is 45.8 Å². The zero-order valence-electron chi connectivity index (χ0n) is 24.9. The molecule has 2 aliphatic rings. The molecule has 1 fully saturated rings. The molecule has 2 atom stereocenters. The number of benzene rings is 2. The van der Waals surface area contributed by atoms with Gasteiger partial charge in [0.2, 0.25) is 5.91 Å². The van der Waals surface area contributed by atoms with Crippen molar-refractivity contribution in [3.8, 4) is 16.9 Å². The molecule has 42 heavy (non-hydrogen) atoms. The van der Waals surface area contributed by atoms with E-state index in [1.54, 1.807) is 7.11 Å². The molecule has 0 saturated carbocycles. The summed E-state index contributed by atoms with van der Waals surface area (Å²) in [6.07, 6.45) is 1.62. The van der Waals surface area contributed by atoms with Crippen molar-refractivity contribution in [2.75, 3.05) is 39.1 Å². The van der Waals surface area contributed by atoms with Crippen LogP contribution in [0.15, 0.2) is 52.0 Å². The standard InChI is InChI=1S/C32H39N7O3/c1-18-28(19(2)42-38-18)24-15-25-23(16-27(24)41-5)29-30(36-25)34-20(3)35-31(29)37-26(21-9-7-6-8-10-21)17-33-32(40)22-11-13-39(4)14-12-22/h6-10,15-16,20,22,26,34,36H,11-14,17H2,1-5H3,(H,33,40)(H,35,37)/t20?,26-/m1/s1. The summed E-state index contributed by atoms with van der Waals surface area (Å²) in [5.41, 5.74) is 5.62. The summed E-state index contributed by atoms with van der Waals surface area (Å²) < 4.78 is 11.3. The minimum atomic E-state index is -0.174. The first kappa shape index (κ1) is 27.8. The van der Waals surface area contributed by atoms with Gasteiger partial charge in [-0.15, -0.1) is 0 Å². The topological polar surface area (TPSA) is 120 Å². The number of aromatic amines is 1. The third kappa shape index (κ3) is 5.34. The molecule has 0 bridgehead atoms. The molecule has 2 aliphatic heterocycles. The number of amides is 1. The molecule has 4 aromatic rings. The number of nitrogens with one attached hydrogen (secondary N) is 4. The summed E-state index contributed by atoms with van der Waals surface area (Å²) in [4.78, 5) is 24.0. The average Bonchev–Trinajstić information content (AvgIpc) is 3.52. The van der Waals surface area contributed by atoms with Crippen LogP contribution in [-0.4, -0.2) is 66.7 Å². The number of amidine groups is 1. The maximum absolute atomic E-state index is 13.1. The van der Waals surface area contributed by atoms with Gasteiger partial charge in [0.25, 0.3) is 0 Å². The molecule has 1 saturated heterocycles. The molecule has 10 nitrogen and oxygen atoms in total. The van der Waals surface area contributed by atoms with Crippen molar-refractivity contribution in [2.24, 2.45) is 10.9 Å². The van der Waals surface area contributed by atoms with Gasteiger partial charge in [-0.05, 0) is 71.4 Å². The van der Waals surface area contributed by atoms with Gasteiger partial charge in [0.05, 0.1) is 30.0 Å². The number of aliphatic imine (C=N–C) groups is 1. The van der Waals surface area contributed by atoms with E-state index < -0.39 is 0 Å². The summed E-state index contributed by atoms with van der Waals surface area (Å²) in [7, 11) is 3.78. The normalized spacial score (nSPS) is 18.2. The molecular formula is C32H39N7O3. The van der Waals surface area contributed by atoms with Gasteiger partial charge in [-0.2, -0.15) is 0 Å². The summed E-state index contributed by atoms with van der Waals surface area (Å²) in [5.74, 6) is 3.28. The lowest BCUT2D eigenvalue weighted by Gasteiger charge is -2.29. The molecule has 1 amide bonds. The number of methoxy groups -OCH3 is 1. The van der Waals surface area contributed by atoms with E-state index in [1.165, 1.54) is 0 Å². The molecule has 2 aromatic carbocycles. The second-order valence-corrected chi connectivity index (χ2v) is 11.4. The molecule has 0 radical (unpaired) electrons. The minimum Gasteiger partial charge on any atom is -0.496 e. The van der Waals surface area contributed by atoms with E-state index in [4.69, 9.17) is 14.3 Å². The number of carbonyl (C=O) groups excluding carboxylic acids is 1. The number of hydrogen-bond acceptors (Lipinski definition) is 8. The van der Waals surface area contributed by atoms with Crippen molar-refractivity contribution < 1.29 is 14.1 Å². The Labute approximate surface area is 245 Å². The Hall–Kier alpha value is -4.31. The number of anilines is 1. The number of hydrogen-bond donors (Lipinski definition) is 4. The van der Waals surface area contributed by atoms with Crippen molar-refractivity contribution >= 4 is 28.5 Å². The number of aryl methyl sites for hydroxylation is 2. The number of piperidine rings is 1. The lowest BCUT2D eigenvalue weighted by Crippen LogP contribution is -2.43. The van der Waals surface area contributed by atoms with E-state index in [0.717, 1.165) is 87.9 Å². The van der Waals surface area contributed by atoms with E-state index in [1.807, 2.05) is 45.0 Å². The van der Waals surface area contributed by atoms with E-state index in [2.05, 4.69) is 56.2 Å². The van der Waals surface area contributed by atoms with E-state index in [9.17, 15) is 4.79 Å². The van der Waals surface area contributed by atoms with Gasteiger partial charge in [-0.25, -0.2) is 4.99 Å². The van der Waals surface area contributed by atoms with Crippen LogP contribution < -0.4 is 20.7 Å². The monoisotopic (exact) mass is 569 g/mol. The molecule has 6 rings (SSSR count). The van der Waals surface area contributed by atoms with Crippen molar-refractivity contribution in [3.63, 3.8) is 0 Å². The SMILES string of the molecule is COc1cc2c3c([nH]c2cc1-c1c(C)noc1C)NC(C)N=C3N[C@H](CNC(=O)C1CCN(C)CC1)c1ccccc1. The number of H-pyrrole nitrogens is 1. The largest absolute Gasteiger partial charge is 0.496 e. The molecule has 2 aromatic heterocycles. The highest BCUT2D eigenvalue weighted by Gasteiger charge is 2.29. The minimum absolute atomic E-state index is 0.0495. The Balaban J connectivity index is 1.33. The third-order valence-corrected chi connectivity index (χ3v) is 8.42. The van der Waals surface area contributed by atoms with Gasteiger partial charge in [0.15, 0.2) is 0 Å². The van der Waals surface area contributed by atoms with Gasteiger partial charge in [0.1, 0.15) is 29.3 Å². The fraction of sp³-hybridized carbons (Fsp3) is 0.406. The summed E-state index contributed by atoms with van der Waals surface area (Å²) >= 11 is 0. The number of carbonyl (C=O) groups is 1. The summed E-state index contributed by atoms with van der Waals surface area (Å²) in [5, 5.41) is 15.5. The summed E-state index contributed by atoms with van der Waals surface area (Å²) in [6, 6.07) is 14.2. The molecule has 4 heterocycles. The van der Waals surface area contributed by atoms with Crippen LogP contribution in [0.2, 0.25) is 0 Å². The van der Waals surface area contributed by atoms with Crippen LogP contribution in [-0.2, 0) is 4.79 Å². The molecule has 1 unspecified atom stereocenters. The first-order valence-corrected chi connectivity index (χ1v) is 14.6. The van der Waals surface area contributed by atoms with E-state index >= 15 is 0 Å². The lowest BCUT2D eigenvalue weighted by atomic mass is 9.96. The zero-order valence-corrected chi connectivity index (χ0v) is 24.9. The predicted molar refractivity (Wildman–Crippen MR) is 165 cm³/mol. The molecule has 0 spiro atoms. The number of nitrogens with zero attached hydrogens (tertiary/aromatic N) is 3. The molecule has 0 aliphatic carbocycles. The maximum Gasteiger partial charge on any atom is 0.223 e. The van der Waals surface area contributed by atoms with Crippen LogP contribution in [0.1, 0.15) is 48.4 Å². The van der Waals surface area contributed by atoms with Gasteiger partial charge in [-0.1, -0.05) is 35.5 Å². The number of aromatic nitrogens is 2. The number of fused-ring (bicyclic) bond motifs is 3. The van der Waals surface area contributed by atoms with E-state index in [-0.39, 0.29) is 24.0 Å². The maximum atomic E-state index is 13.1. The smallest absolute Gasteiger partial charge is 0.223 e. The molecule has 10 heteroatoms. The van der Waals surface area contributed by atoms with Gasteiger partial charge in [-0.3, -0.25) is 4.79 Å². The molecular weight excluding hydrogens is 530 g/mol. The Morgan fingerprint density at radius 1 is 1.17 bits per heavy atom. The first-order chi connectivity index (χ1) is 20.3. The van der Waals surface area contributed by atoms with Crippen molar-refractivity contribution in [1.29, 1.82) is 0 Å². The Bertz CT molecular complexity index is 1600. The van der Waals surface area contributed by atoms with E-state index in [0.29, 0.717) is 6.54 Å². The Kier molecular flexibility index (Phi) is 7.64. The van der Waals surface area contributed by atoms with Gasteiger partial charge in [0, 0.05) is 28.9 Å². The van der Waals surface area contributed by atoms with Crippen LogP contribution in [0, 0.1) is 19.8 Å². The number of ether oxygens (including phenoxy) is 1. The highest BCUT2D eigenvalue weighted by molar-refractivity contribution is 6.16. The highest BCUT2D eigenvalue weighted by Crippen LogP contribution is 2.41. The zero-order chi connectivity index (χ0) is 29.4. The Morgan fingerprint density at radius 3 is 2.62 bits per heavy atom. The quantitative estimate of drug-likeness (QED) is 0.253. The van der Waals surface area contributed by atoms with Gasteiger partial charge < -0.3 is 35.1 Å². The third-order valence-electron chi connectivity index (χ3n) is 8.42. The Morgan fingerprint density at radius 2 is 1.93 bits per heavy atom. The lowest BCUT2D eigenvalue weighted by molar-refractivity contribution is -0.126. The second-order valence-electron chi connectivity index (χ2n) is 11.4. The highest BCUT2D eigenvalue weighted by atomic mass is 16.5. The fourth-order valence-electron chi connectivity index (χ4n) is 6.14. The number of likely N-dealkylation sites (tertiary alicyclic amines) is 1. The fourth-order valence-corrected chi connectivity index (χ4v) is 6.14. The van der Waals surface area contributed by atoms with Crippen LogP contribution in [0.3, 0.4) is 0 Å². The first-order valence-electron chi connectivity index (χ1n) is 14.6. The van der Waals surface area contributed by atoms with Crippen LogP contribution in [0.25, 0.3) is 22.0 Å². The second kappa shape index (κ2) is 11.5. The molecule has 4 N–H and O–H groups in total. The van der Waals surface area contributed by atoms with Crippen molar-refractivity contribution in [1.82, 2.24) is 25.7 Å². The predicted octanol–water partition coefficient (Wildman–Crippen LogP) is 4.76. The van der Waals surface area contributed by atoms with Crippen molar-refractivity contribution in [3.05, 3.63) is 65.0 Å². The average molecular weight is 570 g/mol. The van der Waals surface area contributed by atoms with Crippen LogP contribution in [0.4, 0.5) is 5.82 Å². The van der Waals surface area contributed by atoms with Crippen LogP contribution in [0.5, 0.6) is 5.75 Å². The number of rotatable bonds is 7. The summed E-state index contributed by atoms with van der Waals surface area (Å²) in [6.45, 7) is 8.21.